The molecule has 0 unspecified atom stereocenters. The summed E-state index contributed by atoms with van der Waals surface area (Å²) in [5.41, 5.74) is 1.15. The minimum absolute atomic E-state index is 0.150. The Balaban J connectivity index is 2.36. The largest absolute Gasteiger partial charge is 0.495 e. The molecule has 0 spiro atoms. The van der Waals surface area contributed by atoms with E-state index >= 15 is 0 Å². The van der Waals surface area contributed by atoms with Gasteiger partial charge in [-0.05, 0) is 43.5 Å². The summed E-state index contributed by atoms with van der Waals surface area (Å²) in [7, 11) is -2.47. The van der Waals surface area contributed by atoms with Crippen molar-refractivity contribution in [2.45, 2.75) is 32.7 Å². The fourth-order valence-electron chi connectivity index (χ4n) is 3.42. The lowest BCUT2D eigenvalue weighted by molar-refractivity contribution is -0.138. The van der Waals surface area contributed by atoms with Crippen molar-refractivity contribution < 1.29 is 22.7 Å². The predicted molar refractivity (Wildman–Crippen MR) is 135 cm³/mol. The minimum Gasteiger partial charge on any atom is -0.495 e. The summed E-state index contributed by atoms with van der Waals surface area (Å²) in [4.78, 5) is 27.6. The van der Waals surface area contributed by atoms with Crippen LogP contribution in [0.4, 0.5) is 5.69 Å². The maximum atomic E-state index is 13.5. The van der Waals surface area contributed by atoms with Crippen molar-refractivity contribution in [3.05, 3.63) is 59.1 Å². The molecule has 0 saturated carbocycles. The maximum Gasteiger partial charge on any atom is 0.244 e. The Bertz CT molecular complexity index is 1080. The Kier molecular flexibility index (Phi) is 10.2. The van der Waals surface area contributed by atoms with Crippen LogP contribution < -0.4 is 14.4 Å². The zero-order chi connectivity index (χ0) is 25.3. The van der Waals surface area contributed by atoms with Crippen LogP contribution in [0.1, 0.15) is 25.8 Å². The van der Waals surface area contributed by atoms with Crippen LogP contribution in [0.5, 0.6) is 5.75 Å². The summed E-state index contributed by atoms with van der Waals surface area (Å²) in [6, 6.07) is 13.3. The van der Waals surface area contributed by atoms with E-state index in [9.17, 15) is 18.0 Å². The Hall–Kier alpha value is -2.78. The number of nitrogens with one attached hydrogen (secondary N) is 1. The van der Waals surface area contributed by atoms with Crippen molar-refractivity contribution in [1.82, 2.24) is 10.2 Å². The highest BCUT2D eigenvalue weighted by Gasteiger charge is 2.30. The Labute approximate surface area is 206 Å². The van der Waals surface area contributed by atoms with E-state index in [-0.39, 0.29) is 23.9 Å². The first-order chi connectivity index (χ1) is 16.1. The summed E-state index contributed by atoms with van der Waals surface area (Å²) in [6.45, 7) is 3.80. The van der Waals surface area contributed by atoms with Crippen molar-refractivity contribution in [1.29, 1.82) is 0 Å². The number of amides is 2. The lowest BCUT2D eigenvalue weighted by Crippen LogP contribution is -2.52. The van der Waals surface area contributed by atoms with E-state index in [1.807, 2.05) is 37.3 Å². The summed E-state index contributed by atoms with van der Waals surface area (Å²) in [5.74, 6) is -0.552. The molecule has 1 atom stereocenters. The van der Waals surface area contributed by atoms with Crippen LogP contribution >= 0.6 is 11.6 Å². The third kappa shape index (κ3) is 7.63. The Morgan fingerprint density at radius 1 is 1.15 bits per heavy atom. The van der Waals surface area contributed by atoms with Gasteiger partial charge in [0.05, 0.1) is 19.1 Å². The standard InChI is InChI=1S/C24H32ClN3O5S/c1-5-14-26-24(30)18(2)27(15-13-19-9-7-6-8-10-19)23(29)17-28(34(4,31)32)21-16-20(25)11-12-22(21)33-3/h6-12,16,18H,5,13-15,17H2,1-4H3,(H,26,30)/t18-/m0/s1. The third-order valence-corrected chi connectivity index (χ3v) is 6.65. The molecule has 0 fully saturated rings. The number of carbonyl (C=O) groups is 2. The van der Waals surface area contributed by atoms with E-state index in [0.717, 1.165) is 22.5 Å². The number of halogens is 1. The van der Waals surface area contributed by atoms with Gasteiger partial charge in [0.15, 0.2) is 0 Å². The van der Waals surface area contributed by atoms with E-state index in [2.05, 4.69) is 5.32 Å². The van der Waals surface area contributed by atoms with E-state index in [4.69, 9.17) is 16.3 Å². The third-order valence-electron chi connectivity index (χ3n) is 5.29. The molecule has 1 N–H and O–H groups in total. The molecule has 0 aliphatic carbocycles. The van der Waals surface area contributed by atoms with Gasteiger partial charge in [0.1, 0.15) is 18.3 Å². The first kappa shape index (κ1) is 27.5. The van der Waals surface area contributed by atoms with Crippen LogP contribution in [0.25, 0.3) is 0 Å². The van der Waals surface area contributed by atoms with E-state index in [1.54, 1.807) is 13.0 Å². The minimum atomic E-state index is -3.88. The number of methoxy groups -OCH3 is 1. The van der Waals surface area contributed by atoms with Crippen molar-refractivity contribution in [2.75, 3.05) is 37.3 Å². The van der Waals surface area contributed by atoms with Gasteiger partial charge in [0, 0.05) is 18.1 Å². The Morgan fingerprint density at radius 3 is 2.41 bits per heavy atom. The van der Waals surface area contributed by atoms with Gasteiger partial charge in [-0.1, -0.05) is 48.9 Å². The van der Waals surface area contributed by atoms with E-state index < -0.39 is 28.5 Å². The lowest BCUT2D eigenvalue weighted by atomic mass is 10.1. The van der Waals surface area contributed by atoms with Crippen molar-refractivity contribution >= 4 is 39.1 Å². The molecule has 0 saturated heterocycles. The van der Waals surface area contributed by atoms with Crippen molar-refractivity contribution in [2.24, 2.45) is 0 Å². The molecule has 0 aromatic heterocycles. The van der Waals surface area contributed by atoms with Gasteiger partial charge >= 0.3 is 0 Å². The second-order valence-electron chi connectivity index (χ2n) is 7.88. The molecule has 2 amide bonds. The SMILES string of the molecule is CCCNC(=O)[C@H](C)N(CCc1ccccc1)C(=O)CN(c1cc(Cl)ccc1OC)S(C)(=O)=O. The molecule has 2 rings (SSSR count). The average Bonchev–Trinajstić information content (AvgIpc) is 2.80. The monoisotopic (exact) mass is 509 g/mol. The summed E-state index contributed by atoms with van der Waals surface area (Å²) in [5, 5.41) is 3.10. The first-order valence-corrected chi connectivity index (χ1v) is 13.2. The van der Waals surface area contributed by atoms with E-state index in [1.165, 1.54) is 24.1 Å². The van der Waals surface area contributed by atoms with Gasteiger partial charge in [0.25, 0.3) is 0 Å². The van der Waals surface area contributed by atoms with Gasteiger partial charge in [-0.2, -0.15) is 0 Å². The number of rotatable bonds is 12. The fraction of sp³-hybridized carbons (Fsp3) is 0.417. The summed E-state index contributed by atoms with van der Waals surface area (Å²) >= 11 is 6.10. The number of anilines is 1. The highest BCUT2D eigenvalue weighted by Crippen LogP contribution is 2.32. The first-order valence-electron chi connectivity index (χ1n) is 11.0. The number of hydrogen-bond donors (Lipinski definition) is 1. The van der Waals surface area contributed by atoms with Crippen LogP contribution in [-0.2, 0) is 26.0 Å². The van der Waals surface area contributed by atoms with Crippen LogP contribution in [0.3, 0.4) is 0 Å². The molecule has 0 radical (unpaired) electrons. The number of hydrogen-bond acceptors (Lipinski definition) is 5. The van der Waals surface area contributed by atoms with Gasteiger partial charge in [-0.25, -0.2) is 8.42 Å². The molecule has 0 aliphatic rings. The normalized spacial score (nSPS) is 12.0. The maximum absolute atomic E-state index is 13.5. The van der Waals surface area contributed by atoms with Gasteiger partial charge in [-0.3, -0.25) is 13.9 Å². The smallest absolute Gasteiger partial charge is 0.244 e. The summed E-state index contributed by atoms with van der Waals surface area (Å²) in [6.07, 6.45) is 2.27. The molecule has 0 aliphatic heterocycles. The number of carbonyl (C=O) groups excluding carboxylic acids is 2. The van der Waals surface area contributed by atoms with Crippen LogP contribution in [-0.4, -0.2) is 64.2 Å². The number of nitrogens with zero attached hydrogens (tertiary/aromatic N) is 2. The van der Waals surface area contributed by atoms with Crippen LogP contribution in [0.2, 0.25) is 5.02 Å². The zero-order valence-corrected chi connectivity index (χ0v) is 21.5. The van der Waals surface area contributed by atoms with Crippen molar-refractivity contribution in [3.8, 4) is 5.75 Å². The highest BCUT2D eigenvalue weighted by molar-refractivity contribution is 7.92. The topological polar surface area (TPSA) is 96.0 Å². The predicted octanol–water partition coefficient (Wildman–Crippen LogP) is 3.10. The molecule has 8 nitrogen and oxygen atoms in total. The molecule has 0 bridgehead atoms. The van der Waals surface area contributed by atoms with Gasteiger partial charge in [-0.15, -0.1) is 0 Å². The average molecular weight is 510 g/mol. The van der Waals surface area contributed by atoms with Gasteiger partial charge < -0.3 is 15.0 Å². The second kappa shape index (κ2) is 12.6. The molecule has 34 heavy (non-hydrogen) atoms. The van der Waals surface area contributed by atoms with Crippen LogP contribution in [0.15, 0.2) is 48.5 Å². The Morgan fingerprint density at radius 2 is 1.82 bits per heavy atom. The lowest BCUT2D eigenvalue weighted by Gasteiger charge is -2.31. The zero-order valence-electron chi connectivity index (χ0n) is 20.0. The molecule has 186 valence electrons. The van der Waals surface area contributed by atoms with E-state index in [0.29, 0.717) is 18.0 Å². The number of benzene rings is 2. The molecule has 2 aromatic carbocycles. The molecular weight excluding hydrogens is 478 g/mol. The second-order valence-corrected chi connectivity index (χ2v) is 10.2. The van der Waals surface area contributed by atoms with Gasteiger partial charge in [0.2, 0.25) is 21.8 Å². The highest BCUT2D eigenvalue weighted by atomic mass is 35.5. The molecule has 2 aromatic rings. The molecule has 0 heterocycles. The summed E-state index contributed by atoms with van der Waals surface area (Å²) < 4.78 is 31.6. The quantitative estimate of drug-likeness (QED) is 0.474. The van der Waals surface area contributed by atoms with Crippen molar-refractivity contribution in [3.63, 3.8) is 0 Å². The number of sulfonamides is 1. The molecule has 10 heteroatoms. The number of ether oxygens (including phenoxy) is 1. The molecular formula is C24H32ClN3O5S. The fourth-order valence-corrected chi connectivity index (χ4v) is 4.43. The van der Waals surface area contributed by atoms with Crippen LogP contribution in [0, 0.1) is 0 Å².